The number of hydrogen-bond acceptors (Lipinski definition) is 3. The van der Waals surface area contributed by atoms with E-state index >= 15 is 0 Å². The molecule has 1 atom stereocenters. The molecular formula is C12H26N2O. The Kier molecular flexibility index (Phi) is 6.22. The fourth-order valence-corrected chi connectivity index (χ4v) is 2.31. The smallest absolute Gasteiger partial charge is 0.0595 e. The molecule has 0 spiro atoms. The number of hydrogen-bond donors (Lipinski definition) is 1. The number of piperidine rings is 1. The fraction of sp³-hybridized carbons (Fsp3) is 1.00. The molecule has 1 fully saturated rings. The minimum absolute atomic E-state index is 0.505. The highest BCUT2D eigenvalue weighted by molar-refractivity contribution is 4.76. The molecule has 0 aromatic heterocycles. The zero-order chi connectivity index (χ0) is 11.1. The van der Waals surface area contributed by atoms with Gasteiger partial charge in [0, 0.05) is 26.2 Å². The average molecular weight is 214 g/mol. The summed E-state index contributed by atoms with van der Waals surface area (Å²) >= 11 is 0. The van der Waals surface area contributed by atoms with Crippen molar-refractivity contribution in [3.05, 3.63) is 0 Å². The Balaban J connectivity index is 2.15. The van der Waals surface area contributed by atoms with Crippen LogP contribution in [0.25, 0.3) is 0 Å². The largest absolute Gasteiger partial charge is 0.381 e. The number of nitrogens with zero attached hydrogens (tertiary/aromatic N) is 1. The standard InChI is InChI=1S/C12H26N2O/c1-11(5-4-8-13-2)14-9-6-12(15-3)7-10-14/h11-13H,4-10H2,1-3H3. The van der Waals surface area contributed by atoms with Crippen molar-refractivity contribution in [1.29, 1.82) is 0 Å². The van der Waals surface area contributed by atoms with Gasteiger partial charge >= 0.3 is 0 Å². The van der Waals surface area contributed by atoms with Crippen LogP contribution in [-0.4, -0.2) is 50.8 Å². The summed E-state index contributed by atoms with van der Waals surface area (Å²) in [7, 11) is 3.85. The van der Waals surface area contributed by atoms with Crippen LogP contribution in [0.2, 0.25) is 0 Å². The fourth-order valence-electron chi connectivity index (χ4n) is 2.31. The van der Waals surface area contributed by atoms with Gasteiger partial charge in [0.15, 0.2) is 0 Å². The molecule has 1 aliphatic heterocycles. The van der Waals surface area contributed by atoms with E-state index in [4.69, 9.17) is 4.74 Å². The predicted molar refractivity (Wildman–Crippen MR) is 64.2 cm³/mol. The van der Waals surface area contributed by atoms with Gasteiger partial charge in [-0.3, -0.25) is 0 Å². The SMILES string of the molecule is CNCCCC(C)N1CCC(OC)CC1. The van der Waals surface area contributed by atoms with E-state index in [1.54, 1.807) is 0 Å². The molecule has 0 radical (unpaired) electrons. The van der Waals surface area contributed by atoms with Gasteiger partial charge in [-0.2, -0.15) is 0 Å². The first-order valence-corrected chi connectivity index (χ1v) is 6.19. The highest BCUT2D eigenvalue weighted by Gasteiger charge is 2.21. The summed E-state index contributed by atoms with van der Waals surface area (Å²) in [6.07, 6.45) is 5.49. The second kappa shape index (κ2) is 7.20. The van der Waals surface area contributed by atoms with E-state index in [2.05, 4.69) is 17.1 Å². The molecule has 0 aliphatic carbocycles. The summed E-state index contributed by atoms with van der Waals surface area (Å²) in [5.74, 6) is 0. The van der Waals surface area contributed by atoms with Gasteiger partial charge in [0.05, 0.1) is 6.10 Å². The van der Waals surface area contributed by atoms with Crippen molar-refractivity contribution >= 4 is 0 Å². The highest BCUT2D eigenvalue weighted by Crippen LogP contribution is 2.17. The van der Waals surface area contributed by atoms with Crippen LogP contribution in [0.3, 0.4) is 0 Å². The molecule has 1 heterocycles. The monoisotopic (exact) mass is 214 g/mol. The molecule has 0 amide bonds. The predicted octanol–water partition coefficient (Wildman–Crippen LogP) is 1.49. The number of methoxy groups -OCH3 is 1. The maximum absolute atomic E-state index is 5.38. The summed E-state index contributed by atoms with van der Waals surface area (Å²) < 4.78 is 5.38. The molecule has 1 saturated heterocycles. The molecule has 0 bridgehead atoms. The first kappa shape index (κ1) is 12.9. The second-order valence-corrected chi connectivity index (χ2v) is 4.57. The molecule has 1 unspecified atom stereocenters. The second-order valence-electron chi connectivity index (χ2n) is 4.57. The van der Waals surface area contributed by atoms with Gasteiger partial charge in [-0.25, -0.2) is 0 Å². The van der Waals surface area contributed by atoms with E-state index in [1.165, 1.54) is 38.8 Å². The van der Waals surface area contributed by atoms with Gasteiger partial charge in [-0.15, -0.1) is 0 Å². The molecule has 0 aromatic rings. The Labute approximate surface area is 94.2 Å². The average Bonchev–Trinajstić information content (AvgIpc) is 2.29. The first-order chi connectivity index (χ1) is 7.27. The molecule has 0 saturated carbocycles. The number of rotatable bonds is 6. The van der Waals surface area contributed by atoms with E-state index in [1.807, 2.05) is 14.2 Å². The lowest BCUT2D eigenvalue weighted by Gasteiger charge is -2.35. The van der Waals surface area contributed by atoms with E-state index < -0.39 is 0 Å². The van der Waals surface area contributed by atoms with Gasteiger partial charge in [-0.1, -0.05) is 0 Å². The van der Waals surface area contributed by atoms with Crippen LogP contribution >= 0.6 is 0 Å². The van der Waals surface area contributed by atoms with Crippen LogP contribution in [-0.2, 0) is 4.74 Å². The summed E-state index contributed by atoms with van der Waals surface area (Å²) in [5, 5.41) is 3.20. The van der Waals surface area contributed by atoms with Gasteiger partial charge in [0.2, 0.25) is 0 Å². The van der Waals surface area contributed by atoms with Crippen LogP contribution in [0, 0.1) is 0 Å². The third kappa shape index (κ3) is 4.49. The van der Waals surface area contributed by atoms with Crippen LogP contribution in [0.5, 0.6) is 0 Å². The van der Waals surface area contributed by atoms with E-state index in [0.29, 0.717) is 6.10 Å². The maximum Gasteiger partial charge on any atom is 0.0595 e. The van der Waals surface area contributed by atoms with Crippen molar-refractivity contribution in [2.24, 2.45) is 0 Å². The van der Waals surface area contributed by atoms with Crippen molar-refractivity contribution < 1.29 is 4.74 Å². The topological polar surface area (TPSA) is 24.5 Å². The lowest BCUT2D eigenvalue weighted by molar-refractivity contribution is 0.0283. The summed E-state index contributed by atoms with van der Waals surface area (Å²) in [6, 6.07) is 0.733. The van der Waals surface area contributed by atoms with Gasteiger partial charge in [-0.05, 0) is 46.2 Å². The van der Waals surface area contributed by atoms with E-state index in [-0.39, 0.29) is 0 Å². The molecule has 3 nitrogen and oxygen atoms in total. The van der Waals surface area contributed by atoms with Crippen molar-refractivity contribution in [2.45, 2.75) is 44.8 Å². The maximum atomic E-state index is 5.38. The third-order valence-corrected chi connectivity index (χ3v) is 3.48. The molecule has 0 aromatic carbocycles. The van der Waals surface area contributed by atoms with E-state index in [9.17, 15) is 0 Å². The minimum Gasteiger partial charge on any atom is -0.381 e. The van der Waals surface area contributed by atoms with Crippen LogP contribution < -0.4 is 5.32 Å². The van der Waals surface area contributed by atoms with Crippen LogP contribution in [0.15, 0.2) is 0 Å². The van der Waals surface area contributed by atoms with E-state index in [0.717, 1.165) is 12.6 Å². The Morgan fingerprint density at radius 3 is 2.60 bits per heavy atom. The van der Waals surface area contributed by atoms with Crippen LogP contribution in [0.1, 0.15) is 32.6 Å². The first-order valence-electron chi connectivity index (χ1n) is 6.19. The zero-order valence-electron chi connectivity index (χ0n) is 10.5. The molecule has 1 N–H and O–H groups in total. The highest BCUT2D eigenvalue weighted by atomic mass is 16.5. The lowest BCUT2D eigenvalue weighted by Crippen LogP contribution is -2.42. The molecular weight excluding hydrogens is 188 g/mol. The van der Waals surface area contributed by atoms with Crippen molar-refractivity contribution in [2.75, 3.05) is 33.8 Å². The molecule has 3 heteroatoms. The Morgan fingerprint density at radius 2 is 2.07 bits per heavy atom. The Hall–Kier alpha value is -0.120. The molecule has 90 valence electrons. The lowest BCUT2D eigenvalue weighted by atomic mass is 10.0. The zero-order valence-corrected chi connectivity index (χ0v) is 10.5. The van der Waals surface area contributed by atoms with Gasteiger partial charge < -0.3 is 15.0 Å². The van der Waals surface area contributed by atoms with Gasteiger partial charge in [0.1, 0.15) is 0 Å². The summed E-state index contributed by atoms with van der Waals surface area (Å²) in [6.45, 7) is 5.90. The van der Waals surface area contributed by atoms with Crippen LogP contribution in [0.4, 0.5) is 0 Å². The minimum atomic E-state index is 0.505. The van der Waals surface area contributed by atoms with Crippen molar-refractivity contribution in [3.8, 4) is 0 Å². The Morgan fingerprint density at radius 1 is 1.40 bits per heavy atom. The summed E-state index contributed by atoms with van der Waals surface area (Å²) in [4.78, 5) is 2.60. The van der Waals surface area contributed by atoms with Crippen molar-refractivity contribution in [3.63, 3.8) is 0 Å². The quantitative estimate of drug-likeness (QED) is 0.678. The normalized spacial score (nSPS) is 21.8. The van der Waals surface area contributed by atoms with Gasteiger partial charge in [0.25, 0.3) is 0 Å². The summed E-state index contributed by atoms with van der Waals surface area (Å²) in [5.41, 5.74) is 0. The Bertz CT molecular complexity index is 156. The number of nitrogens with one attached hydrogen (secondary N) is 1. The third-order valence-electron chi connectivity index (χ3n) is 3.48. The molecule has 1 rings (SSSR count). The van der Waals surface area contributed by atoms with Crippen molar-refractivity contribution in [1.82, 2.24) is 10.2 Å². The molecule has 1 aliphatic rings. The molecule has 15 heavy (non-hydrogen) atoms. The number of likely N-dealkylation sites (tertiary alicyclic amines) is 1. The number of ether oxygens (including phenoxy) is 1.